The van der Waals surface area contributed by atoms with Crippen molar-refractivity contribution in [1.82, 2.24) is 10.3 Å². The number of aromatic nitrogens is 1. The van der Waals surface area contributed by atoms with Gasteiger partial charge in [0.2, 0.25) is 0 Å². The fourth-order valence-corrected chi connectivity index (χ4v) is 3.43. The molecule has 1 amide bonds. The van der Waals surface area contributed by atoms with E-state index in [-0.39, 0.29) is 5.56 Å². The van der Waals surface area contributed by atoms with Gasteiger partial charge in [-0.1, -0.05) is 15.9 Å². The SMILES string of the molecule is O=C(NCc1ccncc1)c1cc2cc(Br)cc(Br)c2oc1=O. The summed E-state index contributed by atoms with van der Waals surface area (Å²) >= 11 is 6.70. The average molecular weight is 438 g/mol. The highest BCUT2D eigenvalue weighted by atomic mass is 79.9. The molecule has 3 rings (SSSR count). The number of benzene rings is 1. The predicted molar refractivity (Wildman–Crippen MR) is 93.3 cm³/mol. The summed E-state index contributed by atoms with van der Waals surface area (Å²) < 4.78 is 6.71. The van der Waals surface area contributed by atoms with Crippen molar-refractivity contribution in [3.05, 3.63) is 73.2 Å². The van der Waals surface area contributed by atoms with E-state index in [9.17, 15) is 9.59 Å². The molecule has 3 aromatic rings. The van der Waals surface area contributed by atoms with Crippen molar-refractivity contribution in [3.8, 4) is 0 Å². The summed E-state index contributed by atoms with van der Waals surface area (Å²) in [5.74, 6) is -0.478. The minimum atomic E-state index is -0.673. The Morgan fingerprint density at radius 3 is 2.65 bits per heavy atom. The highest BCUT2D eigenvalue weighted by Crippen LogP contribution is 2.27. The van der Waals surface area contributed by atoms with Gasteiger partial charge in [-0.3, -0.25) is 9.78 Å². The molecule has 116 valence electrons. The molecule has 2 aromatic heterocycles. The molecule has 0 saturated carbocycles. The molecule has 0 atom stereocenters. The molecule has 0 fully saturated rings. The number of carbonyl (C=O) groups is 1. The van der Waals surface area contributed by atoms with Crippen LogP contribution in [-0.2, 0) is 6.54 Å². The van der Waals surface area contributed by atoms with E-state index in [1.165, 1.54) is 6.07 Å². The second-order valence-electron chi connectivity index (χ2n) is 4.79. The van der Waals surface area contributed by atoms with Crippen LogP contribution in [0.3, 0.4) is 0 Å². The zero-order valence-electron chi connectivity index (χ0n) is 11.7. The number of hydrogen-bond acceptors (Lipinski definition) is 4. The van der Waals surface area contributed by atoms with Crippen molar-refractivity contribution in [2.24, 2.45) is 0 Å². The van der Waals surface area contributed by atoms with E-state index >= 15 is 0 Å². The molecular weight excluding hydrogens is 428 g/mol. The molecule has 0 aliphatic heterocycles. The predicted octanol–water partition coefficient (Wildman–Crippen LogP) is 3.64. The first kappa shape index (κ1) is 15.9. The highest BCUT2D eigenvalue weighted by molar-refractivity contribution is 9.11. The molecule has 23 heavy (non-hydrogen) atoms. The molecule has 1 N–H and O–H groups in total. The van der Waals surface area contributed by atoms with Gasteiger partial charge >= 0.3 is 5.63 Å². The molecule has 0 saturated heterocycles. The van der Waals surface area contributed by atoms with Crippen LogP contribution < -0.4 is 10.9 Å². The molecule has 0 aliphatic rings. The van der Waals surface area contributed by atoms with Crippen LogP contribution in [0, 0.1) is 0 Å². The van der Waals surface area contributed by atoms with Gasteiger partial charge in [0.15, 0.2) is 5.58 Å². The monoisotopic (exact) mass is 436 g/mol. The van der Waals surface area contributed by atoms with Gasteiger partial charge in [0.05, 0.1) is 4.47 Å². The minimum absolute atomic E-state index is 0.0310. The normalized spacial score (nSPS) is 10.7. The Labute approximate surface area is 148 Å². The van der Waals surface area contributed by atoms with Crippen molar-refractivity contribution in [3.63, 3.8) is 0 Å². The van der Waals surface area contributed by atoms with E-state index in [0.717, 1.165) is 10.0 Å². The van der Waals surface area contributed by atoms with Gasteiger partial charge < -0.3 is 9.73 Å². The van der Waals surface area contributed by atoms with Crippen LogP contribution in [0.1, 0.15) is 15.9 Å². The van der Waals surface area contributed by atoms with Gasteiger partial charge in [0.25, 0.3) is 5.91 Å². The number of amides is 1. The third-order valence-corrected chi connectivity index (χ3v) is 4.25. The summed E-state index contributed by atoms with van der Waals surface area (Å²) in [4.78, 5) is 28.2. The van der Waals surface area contributed by atoms with Crippen molar-refractivity contribution in [1.29, 1.82) is 0 Å². The molecule has 0 spiro atoms. The maximum atomic E-state index is 12.2. The minimum Gasteiger partial charge on any atom is -0.421 e. The van der Waals surface area contributed by atoms with Gasteiger partial charge in [0.1, 0.15) is 5.56 Å². The van der Waals surface area contributed by atoms with E-state index in [4.69, 9.17) is 4.42 Å². The lowest BCUT2D eigenvalue weighted by atomic mass is 10.1. The second kappa shape index (κ2) is 6.64. The first-order valence-electron chi connectivity index (χ1n) is 6.64. The number of carbonyl (C=O) groups excluding carboxylic acids is 1. The lowest BCUT2D eigenvalue weighted by Crippen LogP contribution is -2.27. The van der Waals surface area contributed by atoms with Gasteiger partial charge in [-0.15, -0.1) is 0 Å². The highest BCUT2D eigenvalue weighted by Gasteiger charge is 2.15. The molecule has 0 bridgehead atoms. The van der Waals surface area contributed by atoms with E-state index in [1.54, 1.807) is 36.7 Å². The number of fused-ring (bicyclic) bond motifs is 1. The molecule has 7 heteroatoms. The zero-order chi connectivity index (χ0) is 16.4. The molecule has 0 aliphatic carbocycles. The van der Waals surface area contributed by atoms with Gasteiger partial charge in [-0.2, -0.15) is 0 Å². The summed E-state index contributed by atoms with van der Waals surface area (Å²) in [6.07, 6.45) is 3.28. The van der Waals surface area contributed by atoms with Crippen molar-refractivity contribution < 1.29 is 9.21 Å². The molecular formula is C16H10Br2N2O3. The number of hydrogen-bond donors (Lipinski definition) is 1. The molecule has 0 unspecified atom stereocenters. The number of nitrogens with zero attached hydrogens (tertiary/aromatic N) is 1. The fourth-order valence-electron chi connectivity index (χ4n) is 2.09. The van der Waals surface area contributed by atoms with Gasteiger partial charge in [-0.25, -0.2) is 4.79 Å². The Morgan fingerprint density at radius 2 is 1.91 bits per heavy atom. The maximum absolute atomic E-state index is 12.2. The molecule has 1 aromatic carbocycles. The summed E-state index contributed by atoms with van der Waals surface area (Å²) in [5.41, 5.74) is 0.595. The Bertz CT molecular complexity index is 939. The first-order valence-corrected chi connectivity index (χ1v) is 8.23. The van der Waals surface area contributed by atoms with E-state index < -0.39 is 11.5 Å². The Kier molecular flexibility index (Phi) is 4.58. The molecule has 5 nitrogen and oxygen atoms in total. The summed E-state index contributed by atoms with van der Waals surface area (Å²) in [6, 6.07) is 8.66. The smallest absolute Gasteiger partial charge is 0.349 e. The zero-order valence-corrected chi connectivity index (χ0v) is 14.8. The van der Waals surface area contributed by atoms with Crippen molar-refractivity contribution >= 4 is 48.7 Å². The lowest BCUT2D eigenvalue weighted by molar-refractivity contribution is 0.0947. The third-order valence-electron chi connectivity index (χ3n) is 3.20. The van der Waals surface area contributed by atoms with Crippen LogP contribution >= 0.6 is 31.9 Å². The maximum Gasteiger partial charge on any atom is 0.349 e. The summed E-state index contributed by atoms with van der Waals surface area (Å²) in [7, 11) is 0. The standard InChI is InChI=1S/C16H10Br2N2O3/c17-11-5-10-6-12(16(22)23-14(10)13(18)7-11)15(21)20-8-9-1-3-19-4-2-9/h1-7H,8H2,(H,20,21). The first-order chi connectivity index (χ1) is 11.0. The van der Waals surface area contributed by atoms with E-state index in [2.05, 4.69) is 42.2 Å². The number of pyridine rings is 1. The molecule has 0 radical (unpaired) electrons. The van der Waals surface area contributed by atoms with Crippen LogP contribution in [-0.4, -0.2) is 10.9 Å². The summed E-state index contributed by atoms with van der Waals surface area (Å²) in [6.45, 7) is 0.307. The van der Waals surface area contributed by atoms with Crippen LogP contribution in [0.2, 0.25) is 0 Å². The Balaban J connectivity index is 1.91. The second-order valence-corrected chi connectivity index (χ2v) is 6.56. The Hall–Kier alpha value is -1.99. The fraction of sp³-hybridized carbons (Fsp3) is 0.0625. The number of halogens is 2. The Morgan fingerprint density at radius 1 is 1.17 bits per heavy atom. The van der Waals surface area contributed by atoms with Gasteiger partial charge in [0, 0.05) is 28.8 Å². The largest absolute Gasteiger partial charge is 0.421 e. The average Bonchev–Trinajstić information content (AvgIpc) is 2.54. The van der Waals surface area contributed by atoms with E-state index in [0.29, 0.717) is 22.0 Å². The molecule has 2 heterocycles. The van der Waals surface area contributed by atoms with Crippen LogP contribution in [0.4, 0.5) is 0 Å². The summed E-state index contributed by atoms with van der Waals surface area (Å²) in [5, 5.41) is 3.35. The third kappa shape index (κ3) is 3.51. The van der Waals surface area contributed by atoms with Gasteiger partial charge in [-0.05, 0) is 51.8 Å². The van der Waals surface area contributed by atoms with Crippen molar-refractivity contribution in [2.75, 3.05) is 0 Å². The topological polar surface area (TPSA) is 72.2 Å². The number of nitrogens with one attached hydrogen (secondary N) is 1. The van der Waals surface area contributed by atoms with Crippen LogP contribution in [0.15, 0.2) is 60.9 Å². The lowest BCUT2D eigenvalue weighted by Gasteiger charge is -2.06. The number of rotatable bonds is 3. The quantitative estimate of drug-likeness (QED) is 0.635. The van der Waals surface area contributed by atoms with Crippen LogP contribution in [0.25, 0.3) is 11.0 Å². The van der Waals surface area contributed by atoms with E-state index in [1.807, 2.05) is 0 Å². The van der Waals surface area contributed by atoms with Crippen LogP contribution in [0.5, 0.6) is 0 Å². The van der Waals surface area contributed by atoms with Crippen molar-refractivity contribution in [2.45, 2.75) is 6.54 Å².